The number of hydrogen-bond acceptors (Lipinski definition) is 6. The molecule has 0 saturated heterocycles. The lowest BCUT2D eigenvalue weighted by Crippen LogP contribution is -2.27. The molecule has 0 bridgehead atoms. The van der Waals surface area contributed by atoms with E-state index in [0.717, 1.165) is 4.68 Å². The molecular formula is C17H21BrN2O5. The van der Waals surface area contributed by atoms with Gasteiger partial charge < -0.3 is 14.2 Å². The Morgan fingerprint density at radius 2 is 1.64 bits per heavy atom. The van der Waals surface area contributed by atoms with Gasteiger partial charge in [0.25, 0.3) is 0 Å². The van der Waals surface area contributed by atoms with Crippen LogP contribution in [0, 0.1) is 0 Å². The average Bonchev–Trinajstić information content (AvgIpc) is 2.82. The van der Waals surface area contributed by atoms with E-state index in [-0.39, 0.29) is 5.75 Å². The van der Waals surface area contributed by atoms with Gasteiger partial charge in [0.15, 0.2) is 0 Å². The van der Waals surface area contributed by atoms with Crippen LogP contribution in [0.4, 0.5) is 9.59 Å². The van der Waals surface area contributed by atoms with E-state index in [1.807, 2.05) is 0 Å². The molecule has 0 N–H and O–H groups in total. The number of rotatable bonds is 1. The van der Waals surface area contributed by atoms with Crippen LogP contribution in [0.1, 0.15) is 41.5 Å². The van der Waals surface area contributed by atoms with Gasteiger partial charge >= 0.3 is 12.2 Å². The summed E-state index contributed by atoms with van der Waals surface area (Å²) in [6.07, 6.45) is 0.0907. The Hall–Kier alpha value is -2.09. The van der Waals surface area contributed by atoms with Crippen LogP contribution < -0.4 is 4.74 Å². The highest BCUT2D eigenvalue weighted by molar-refractivity contribution is 9.10. The number of nitrogens with zero attached hydrogens (tertiary/aromatic N) is 2. The van der Waals surface area contributed by atoms with E-state index in [4.69, 9.17) is 14.2 Å². The summed E-state index contributed by atoms with van der Waals surface area (Å²) in [5.74, 6) is 0.269. The van der Waals surface area contributed by atoms with Crippen molar-refractivity contribution in [2.24, 2.45) is 0 Å². The largest absolute Gasteiger partial charge is 0.514 e. The fourth-order valence-electron chi connectivity index (χ4n) is 1.94. The Kier molecular flexibility index (Phi) is 5.13. The number of benzene rings is 1. The number of carbonyl (C=O) groups excluding carboxylic acids is 2. The summed E-state index contributed by atoms with van der Waals surface area (Å²) < 4.78 is 17.3. The van der Waals surface area contributed by atoms with E-state index < -0.39 is 23.5 Å². The molecular weight excluding hydrogens is 392 g/mol. The molecule has 0 aliphatic heterocycles. The van der Waals surface area contributed by atoms with Gasteiger partial charge in [0.1, 0.15) is 17.0 Å². The quantitative estimate of drug-likeness (QED) is 0.489. The number of ether oxygens (including phenoxy) is 3. The molecule has 0 aliphatic carbocycles. The van der Waals surface area contributed by atoms with Gasteiger partial charge in [0, 0.05) is 5.39 Å². The first-order valence-corrected chi connectivity index (χ1v) is 8.47. The molecule has 0 radical (unpaired) electrons. The van der Waals surface area contributed by atoms with Crippen molar-refractivity contribution >= 4 is 39.1 Å². The average molecular weight is 413 g/mol. The van der Waals surface area contributed by atoms with Crippen molar-refractivity contribution < 1.29 is 23.8 Å². The zero-order chi connectivity index (χ0) is 19.0. The number of carbonyl (C=O) groups is 2. The topological polar surface area (TPSA) is 79.7 Å². The molecule has 1 heterocycles. The van der Waals surface area contributed by atoms with Crippen LogP contribution in [0.25, 0.3) is 10.9 Å². The van der Waals surface area contributed by atoms with Crippen molar-refractivity contribution in [3.05, 3.63) is 22.8 Å². The Labute approximate surface area is 154 Å². The standard InChI is InChI=1S/C17H21BrN2O5/c1-16(2,3)24-14(21)20-11-7-8-12(13(18)10(11)9-19-20)23-15(22)25-17(4,5)6/h7-9H,1-6H3. The van der Waals surface area contributed by atoms with E-state index in [1.165, 1.54) is 6.20 Å². The normalized spacial score (nSPS) is 12.1. The van der Waals surface area contributed by atoms with Crippen LogP contribution >= 0.6 is 15.9 Å². The molecule has 0 spiro atoms. The molecule has 7 nitrogen and oxygen atoms in total. The summed E-state index contributed by atoms with van der Waals surface area (Å²) in [7, 11) is 0. The van der Waals surface area contributed by atoms with Gasteiger partial charge in [-0.1, -0.05) is 0 Å². The predicted molar refractivity (Wildman–Crippen MR) is 95.9 cm³/mol. The Balaban J connectivity index is 2.30. The fraction of sp³-hybridized carbons (Fsp3) is 0.471. The summed E-state index contributed by atoms with van der Waals surface area (Å²) in [6, 6.07) is 3.18. The molecule has 1 aromatic heterocycles. The lowest BCUT2D eigenvalue weighted by atomic mass is 10.2. The highest BCUT2D eigenvalue weighted by Crippen LogP contribution is 2.33. The molecule has 136 valence electrons. The van der Waals surface area contributed by atoms with Gasteiger partial charge in [-0.2, -0.15) is 9.78 Å². The molecule has 25 heavy (non-hydrogen) atoms. The molecule has 0 saturated carbocycles. The third-order valence-electron chi connectivity index (χ3n) is 2.80. The van der Waals surface area contributed by atoms with Crippen LogP contribution in [0.15, 0.2) is 22.8 Å². The summed E-state index contributed by atoms with van der Waals surface area (Å²) in [5.41, 5.74) is -0.764. The lowest BCUT2D eigenvalue weighted by molar-refractivity contribution is 0.0204. The number of fused-ring (bicyclic) bond motifs is 1. The smallest absolute Gasteiger partial charge is 0.442 e. The second-order valence-electron chi connectivity index (χ2n) is 7.41. The first-order valence-electron chi connectivity index (χ1n) is 7.68. The molecule has 0 amide bonds. The van der Waals surface area contributed by atoms with Gasteiger partial charge in [-0.05, 0) is 69.6 Å². The van der Waals surface area contributed by atoms with Crippen molar-refractivity contribution in [3.8, 4) is 5.75 Å². The van der Waals surface area contributed by atoms with E-state index in [2.05, 4.69) is 21.0 Å². The number of aromatic nitrogens is 2. The van der Waals surface area contributed by atoms with Crippen molar-refractivity contribution in [2.75, 3.05) is 0 Å². The molecule has 2 aromatic rings. The Morgan fingerprint density at radius 3 is 2.20 bits per heavy atom. The van der Waals surface area contributed by atoms with Gasteiger partial charge in [-0.25, -0.2) is 9.59 Å². The molecule has 8 heteroatoms. The molecule has 0 fully saturated rings. The van der Waals surface area contributed by atoms with Gasteiger partial charge in [0.2, 0.25) is 0 Å². The minimum Gasteiger partial charge on any atom is -0.442 e. The van der Waals surface area contributed by atoms with Crippen molar-refractivity contribution in [1.29, 1.82) is 0 Å². The maximum atomic E-state index is 12.2. The second-order valence-corrected chi connectivity index (χ2v) is 8.21. The molecule has 2 rings (SSSR count). The van der Waals surface area contributed by atoms with Gasteiger partial charge in [-0.3, -0.25) is 0 Å². The zero-order valence-electron chi connectivity index (χ0n) is 15.0. The van der Waals surface area contributed by atoms with Crippen molar-refractivity contribution in [2.45, 2.75) is 52.7 Å². The summed E-state index contributed by atoms with van der Waals surface area (Å²) in [6.45, 7) is 10.6. The van der Waals surface area contributed by atoms with Gasteiger partial charge in [0.05, 0.1) is 16.2 Å². The highest BCUT2D eigenvalue weighted by Gasteiger charge is 2.23. The van der Waals surface area contributed by atoms with Crippen LogP contribution in [-0.2, 0) is 9.47 Å². The minimum absolute atomic E-state index is 0.269. The maximum Gasteiger partial charge on any atom is 0.514 e. The Bertz CT molecular complexity index is 815. The number of hydrogen-bond donors (Lipinski definition) is 0. The van der Waals surface area contributed by atoms with E-state index in [9.17, 15) is 9.59 Å². The van der Waals surface area contributed by atoms with Crippen molar-refractivity contribution in [1.82, 2.24) is 9.78 Å². The third kappa shape index (κ3) is 4.94. The molecule has 1 aromatic carbocycles. The predicted octanol–water partition coefficient (Wildman–Crippen LogP) is 4.90. The van der Waals surface area contributed by atoms with Crippen LogP contribution in [0.3, 0.4) is 0 Å². The third-order valence-corrected chi connectivity index (χ3v) is 3.62. The summed E-state index contributed by atoms with van der Waals surface area (Å²) in [4.78, 5) is 24.0. The van der Waals surface area contributed by atoms with Crippen molar-refractivity contribution in [3.63, 3.8) is 0 Å². The first-order chi connectivity index (χ1) is 11.4. The van der Waals surface area contributed by atoms with E-state index in [1.54, 1.807) is 53.7 Å². The monoisotopic (exact) mass is 412 g/mol. The zero-order valence-corrected chi connectivity index (χ0v) is 16.6. The van der Waals surface area contributed by atoms with E-state index >= 15 is 0 Å². The SMILES string of the molecule is CC(C)(C)OC(=O)Oc1ccc2c(cnn2C(=O)OC(C)(C)C)c1Br. The number of halogens is 1. The first kappa shape index (κ1) is 19.2. The minimum atomic E-state index is -0.813. The highest BCUT2D eigenvalue weighted by atomic mass is 79.9. The maximum absolute atomic E-state index is 12.2. The molecule has 0 atom stereocenters. The van der Waals surface area contributed by atoms with Gasteiger partial charge in [-0.15, -0.1) is 0 Å². The molecule has 0 aliphatic rings. The van der Waals surface area contributed by atoms with E-state index in [0.29, 0.717) is 15.4 Å². The second kappa shape index (κ2) is 6.67. The Morgan fingerprint density at radius 1 is 1.04 bits per heavy atom. The van der Waals surface area contributed by atoms with Crippen LogP contribution in [-0.4, -0.2) is 33.2 Å². The molecule has 0 unspecified atom stereocenters. The summed E-state index contributed by atoms with van der Waals surface area (Å²) in [5, 5.41) is 4.66. The lowest BCUT2D eigenvalue weighted by Gasteiger charge is -2.19. The fourth-order valence-corrected chi connectivity index (χ4v) is 2.46. The van der Waals surface area contributed by atoms with Crippen LogP contribution in [0.5, 0.6) is 5.75 Å². The summed E-state index contributed by atoms with van der Waals surface area (Å²) >= 11 is 3.38. The van der Waals surface area contributed by atoms with Crippen LogP contribution in [0.2, 0.25) is 0 Å².